The Kier molecular flexibility index (Phi) is 6.87. The standard InChI is InChI=1S/C24H33N7O4/c1-14(2)26-24(32)35-16-5-4-15(10-16)19-11-21(29-28-19)27-23-22-18(6-8-25-23)20(30-31(22)3)13-34-17-7-9-33-12-17/h6,8,11,14-17H,4-5,7,9-10,12-13H2,1-3H3,(H,26,32)(H2,25,27,28,29). The molecule has 3 unspecified atom stereocenters. The number of H-pyrrole nitrogens is 1. The van der Waals surface area contributed by atoms with E-state index >= 15 is 0 Å². The molecule has 4 heterocycles. The van der Waals surface area contributed by atoms with Crippen LogP contribution in [0.25, 0.3) is 10.9 Å². The van der Waals surface area contributed by atoms with Crippen molar-refractivity contribution in [3.05, 3.63) is 29.7 Å². The van der Waals surface area contributed by atoms with Crippen molar-refractivity contribution in [3.8, 4) is 0 Å². The number of aromatic nitrogens is 5. The van der Waals surface area contributed by atoms with Crippen molar-refractivity contribution in [1.29, 1.82) is 0 Å². The fraction of sp³-hybridized carbons (Fsp3) is 0.583. The molecule has 3 N–H and O–H groups in total. The maximum atomic E-state index is 11.9. The molecule has 1 amide bonds. The number of alkyl carbamates (subject to hydrolysis) is 1. The smallest absolute Gasteiger partial charge is 0.407 e. The zero-order valence-corrected chi connectivity index (χ0v) is 20.4. The molecular weight excluding hydrogens is 450 g/mol. The average molecular weight is 484 g/mol. The summed E-state index contributed by atoms with van der Waals surface area (Å²) in [6.45, 7) is 5.65. The fourth-order valence-corrected chi connectivity index (χ4v) is 4.82. The van der Waals surface area contributed by atoms with Crippen molar-refractivity contribution in [3.63, 3.8) is 0 Å². The molecule has 0 aromatic carbocycles. The third kappa shape index (κ3) is 5.40. The van der Waals surface area contributed by atoms with Crippen LogP contribution in [0.1, 0.15) is 56.8 Å². The molecule has 3 atom stereocenters. The Labute approximate surface area is 203 Å². The fourth-order valence-electron chi connectivity index (χ4n) is 4.82. The van der Waals surface area contributed by atoms with Gasteiger partial charge in [-0.2, -0.15) is 10.2 Å². The topological polar surface area (TPSA) is 128 Å². The number of amides is 1. The minimum Gasteiger partial charge on any atom is -0.446 e. The van der Waals surface area contributed by atoms with Gasteiger partial charge in [-0.25, -0.2) is 9.78 Å². The summed E-state index contributed by atoms with van der Waals surface area (Å²) in [4.78, 5) is 16.5. The van der Waals surface area contributed by atoms with E-state index in [9.17, 15) is 4.79 Å². The van der Waals surface area contributed by atoms with E-state index < -0.39 is 0 Å². The van der Waals surface area contributed by atoms with E-state index in [0.717, 1.165) is 54.6 Å². The lowest BCUT2D eigenvalue weighted by atomic mass is 10.0. The molecule has 2 aliphatic rings. The first-order chi connectivity index (χ1) is 17.0. The van der Waals surface area contributed by atoms with Gasteiger partial charge in [0.2, 0.25) is 0 Å². The Morgan fingerprint density at radius 3 is 3.00 bits per heavy atom. The van der Waals surface area contributed by atoms with Crippen LogP contribution in [0.15, 0.2) is 18.3 Å². The largest absolute Gasteiger partial charge is 0.446 e. The third-order valence-electron chi connectivity index (χ3n) is 6.52. The molecule has 0 radical (unpaired) electrons. The van der Waals surface area contributed by atoms with Crippen LogP contribution in [0.4, 0.5) is 16.4 Å². The summed E-state index contributed by atoms with van der Waals surface area (Å²) in [6.07, 6.45) is 4.92. The van der Waals surface area contributed by atoms with Crippen LogP contribution in [-0.2, 0) is 27.9 Å². The van der Waals surface area contributed by atoms with Gasteiger partial charge in [0, 0.05) is 49.0 Å². The summed E-state index contributed by atoms with van der Waals surface area (Å²) in [5, 5.41) is 19.4. The molecule has 5 rings (SSSR count). The summed E-state index contributed by atoms with van der Waals surface area (Å²) in [6, 6.07) is 4.02. The van der Waals surface area contributed by atoms with Crippen molar-refractivity contribution >= 4 is 28.6 Å². The van der Waals surface area contributed by atoms with Crippen molar-refractivity contribution < 1.29 is 19.0 Å². The van der Waals surface area contributed by atoms with E-state index in [1.54, 1.807) is 6.20 Å². The zero-order chi connectivity index (χ0) is 24.4. The number of aryl methyl sites for hydroxylation is 1. The van der Waals surface area contributed by atoms with E-state index in [-0.39, 0.29) is 30.3 Å². The Balaban J connectivity index is 1.24. The monoisotopic (exact) mass is 483 g/mol. The van der Waals surface area contributed by atoms with Crippen LogP contribution in [0.5, 0.6) is 0 Å². The molecule has 1 saturated carbocycles. The number of nitrogens with one attached hydrogen (secondary N) is 3. The minimum atomic E-state index is -0.352. The lowest BCUT2D eigenvalue weighted by Crippen LogP contribution is -2.33. The Hall–Kier alpha value is -3.18. The summed E-state index contributed by atoms with van der Waals surface area (Å²) < 4.78 is 18.8. The van der Waals surface area contributed by atoms with Crippen molar-refractivity contribution in [2.45, 2.75) is 70.3 Å². The highest BCUT2D eigenvalue weighted by Gasteiger charge is 2.30. The second kappa shape index (κ2) is 10.2. The van der Waals surface area contributed by atoms with E-state index in [1.807, 2.05) is 37.7 Å². The Morgan fingerprint density at radius 2 is 2.20 bits per heavy atom. The van der Waals surface area contributed by atoms with Crippen LogP contribution < -0.4 is 10.6 Å². The number of hydrogen-bond acceptors (Lipinski definition) is 8. The summed E-state index contributed by atoms with van der Waals surface area (Å²) in [7, 11) is 1.90. The first-order valence-corrected chi connectivity index (χ1v) is 12.3. The molecule has 2 fully saturated rings. The summed E-state index contributed by atoms with van der Waals surface area (Å²) >= 11 is 0. The summed E-state index contributed by atoms with van der Waals surface area (Å²) in [5.41, 5.74) is 2.79. The molecule has 1 saturated heterocycles. The number of rotatable bonds is 8. The average Bonchev–Trinajstić information content (AvgIpc) is 3.60. The van der Waals surface area contributed by atoms with Gasteiger partial charge in [-0.15, -0.1) is 0 Å². The van der Waals surface area contributed by atoms with Crippen LogP contribution in [0, 0.1) is 0 Å². The van der Waals surface area contributed by atoms with Gasteiger partial charge in [0.25, 0.3) is 0 Å². The predicted octanol–water partition coefficient (Wildman–Crippen LogP) is 3.51. The number of aromatic amines is 1. The molecule has 11 nitrogen and oxygen atoms in total. The van der Waals surface area contributed by atoms with Crippen molar-refractivity contribution in [2.75, 3.05) is 18.5 Å². The maximum absolute atomic E-state index is 11.9. The number of ether oxygens (including phenoxy) is 3. The predicted molar refractivity (Wildman–Crippen MR) is 130 cm³/mol. The molecule has 35 heavy (non-hydrogen) atoms. The first-order valence-electron chi connectivity index (χ1n) is 12.3. The van der Waals surface area contributed by atoms with Crippen molar-refractivity contribution in [1.82, 2.24) is 30.3 Å². The maximum Gasteiger partial charge on any atom is 0.407 e. The lowest BCUT2D eigenvalue weighted by molar-refractivity contribution is 0.0304. The van der Waals surface area contributed by atoms with E-state index in [0.29, 0.717) is 24.8 Å². The molecule has 3 aromatic rings. The Bertz CT molecular complexity index is 1170. The number of nitrogens with zero attached hydrogens (tertiary/aromatic N) is 4. The van der Waals surface area contributed by atoms with E-state index in [2.05, 4.69) is 30.9 Å². The van der Waals surface area contributed by atoms with E-state index in [1.165, 1.54) is 0 Å². The SMILES string of the molecule is CC(C)NC(=O)OC1CCC(c2cc(Nc3nccc4c(COC5CCOC5)nn(C)c34)n[nH]2)C1. The second-order valence-electron chi connectivity index (χ2n) is 9.59. The van der Waals surface area contributed by atoms with Crippen LogP contribution in [0.2, 0.25) is 0 Å². The van der Waals surface area contributed by atoms with Gasteiger partial charge < -0.3 is 24.8 Å². The zero-order valence-electron chi connectivity index (χ0n) is 20.4. The minimum absolute atomic E-state index is 0.0592. The Morgan fingerprint density at radius 1 is 1.31 bits per heavy atom. The normalized spacial score (nSPS) is 22.2. The lowest BCUT2D eigenvalue weighted by Gasteiger charge is -2.14. The molecule has 188 valence electrons. The van der Waals surface area contributed by atoms with Gasteiger partial charge >= 0.3 is 6.09 Å². The molecule has 1 aliphatic carbocycles. The van der Waals surface area contributed by atoms with Crippen LogP contribution in [0.3, 0.4) is 0 Å². The van der Waals surface area contributed by atoms with Crippen LogP contribution in [-0.4, -0.2) is 62.5 Å². The number of carbonyl (C=O) groups is 1. The van der Waals surface area contributed by atoms with Gasteiger partial charge in [-0.3, -0.25) is 9.78 Å². The number of carbonyl (C=O) groups excluding carboxylic acids is 1. The number of pyridine rings is 1. The molecule has 11 heteroatoms. The second-order valence-corrected chi connectivity index (χ2v) is 9.59. The number of hydrogen-bond donors (Lipinski definition) is 3. The summed E-state index contributed by atoms with van der Waals surface area (Å²) in [5.74, 6) is 1.63. The van der Waals surface area contributed by atoms with Gasteiger partial charge in [0.1, 0.15) is 11.6 Å². The van der Waals surface area contributed by atoms with Gasteiger partial charge in [0.15, 0.2) is 11.6 Å². The van der Waals surface area contributed by atoms with Crippen LogP contribution >= 0.6 is 0 Å². The number of fused-ring (bicyclic) bond motifs is 1. The van der Waals surface area contributed by atoms with Crippen molar-refractivity contribution in [2.24, 2.45) is 7.05 Å². The first kappa shape index (κ1) is 23.6. The molecule has 0 spiro atoms. The third-order valence-corrected chi connectivity index (χ3v) is 6.52. The van der Waals surface area contributed by atoms with Gasteiger partial charge in [-0.1, -0.05) is 0 Å². The molecule has 1 aliphatic heterocycles. The number of anilines is 2. The molecule has 0 bridgehead atoms. The quantitative estimate of drug-likeness (QED) is 0.444. The molecular formula is C24H33N7O4. The van der Waals surface area contributed by atoms with Gasteiger partial charge in [-0.05, 0) is 45.6 Å². The van der Waals surface area contributed by atoms with Gasteiger partial charge in [0.05, 0.1) is 25.0 Å². The van der Waals surface area contributed by atoms with E-state index in [4.69, 9.17) is 14.2 Å². The highest BCUT2D eigenvalue weighted by Crippen LogP contribution is 2.36. The highest BCUT2D eigenvalue weighted by molar-refractivity contribution is 5.91. The highest BCUT2D eigenvalue weighted by atomic mass is 16.6. The molecule has 3 aromatic heterocycles.